The monoisotopic (exact) mass is 259 g/mol. The Kier molecular flexibility index (Phi) is 3.57. The number of carbonyl (C=O) groups is 1. The largest absolute Gasteiger partial charge is 0.348 e. The quantitative estimate of drug-likeness (QED) is 0.360. The summed E-state index contributed by atoms with van der Waals surface area (Å²) in [6, 6.07) is 8.80. The molecular weight excluding hydrogens is 246 g/mol. The Hall–Kier alpha value is -2.27. The highest BCUT2D eigenvalue weighted by Crippen LogP contribution is 2.26. The molecule has 0 amide bonds. The molecule has 19 heavy (non-hydrogen) atoms. The van der Waals surface area contributed by atoms with Crippen LogP contribution in [0.25, 0.3) is 0 Å². The molecule has 5 nitrogen and oxygen atoms in total. The highest BCUT2D eigenvalue weighted by Gasteiger charge is 2.41. The standard InChI is InChI=1S/C14H13NO4/c1-19-14(15(17)18)9-7-12(8-10-14)13(16)11-5-3-2-4-6-11/h2-9H,10H2,1H3. The van der Waals surface area contributed by atoms with E-state index in [1.807, 2.05) is 6.07 Å². The van der Waals surface area contributed by atoms with Gasteiger partial charge in [-0.1, -0.05) is 36.4 Å². The average Bonchev–Trinajstić information content (AvgIpc) is 2.47. The minimum absolute atomic E-state index is 0.0426. The summed E-state index contributed by atoms with van der Waals surface area (Å²) in [5, 5.41) is 11.0. The number of hydrogen-bond acceptors (Lipinski definition) is 4. The number of Topliss-reactive ketones (excluding diaryl/α,β-unsaturated/α-hetero) is 1. The molecule has 5 heteroatoms. The number of allylic oxidation sites excluding steroid dienone is 2. The first-order valence-electron chi connectivity index (χ1n) is 5.78. The fraction of sp³-hybridized carbons (Fsp3) is 0.214. The molecule has 1 aromatic rings. The van der Waals surface area contributed by atoms with Crippen LogP contribution in [-0.4, -0.2) is 23.5 Å². The maximum Gasteiger partial charge on any atom is 0.348 e. The molecule has 0 bridgehead atoms. The summed E-state index contributed by atoms with van der Waals surface area (Å²) in [5.74, 6) is -0.148. The van der Waals surface area contributed by atoms with Crippen molar-refractivity contribution in [2.45, 2.75) is 12.1 Å². The average molecular weight is 259 g/mol. The van der Waals surface area contributed by atoms with E-state index >= 15 is 0 Å². The van der Waals surface area contributed by atoms with Crippen LogP contribution >= 0.6 is 0 Å². The Bertz CT molecular complexity index is 562. The van der Waals surface area contributed by atoms with E-state index in [1.165, 1.54) is 19.3 Å². The first-order chi connectivity index (χ1) is 9.09. The normalized spacial score (nSPS) is 21.8. The molecule has 1 atom stereocenters. The van der Waals surface area contributed by atoms with Crippen molar-refractivity contribution in [2.75, 3.05) is 7.11 Å². The molecule has 1 aliphatic carbocycles. The van der Waals surface area contributed by atoms with Crippen LogP contribution in [-0.2, 0) is 4.74 Å². The fourth-order valence-corrected chi connectivity index (χ4v) is 1.90. The maximum absolute atomic E-state index is 12.1. The highest BCUT2D eigenvalue weighted by atomic mass is 16.7. The first-order valence-corrected chi connectivity index (χ1v) is 5.78. The predicted octanol–water partition coefficient (Wildman–Crippen LogP) is 2.38. The molecule has 0 spiro atoms. The molecular formula is C14H13NO4. The van der Waals surface area contributed by atoms with Crippen LogP contribution in [0.15, 0.2) is 54.1 Å². The minimum Gasteiger partial charge on any atom is -0.315 e. The molecule has 0 heterocycles. The first kappa shape index (κ1) is 13.2. The van der Waals surface area contributed by atoms with E-state index in [4.69, 9.17) is 4.74 Å². The van der Waals surface area contributed by atoms with Crippen molar-refractivity contribution >= 4 is 5.78 Å². The highest BCUT2D eigenvalue weighted by molar-refractivity contribution is 6.10. The van der Waals surface area contributed by atoms with E-state index in [0.29, 0.717) is 11.1 Å². The second-order valence-electron chi connectivity index (χ2n) is 4.20. The Labute approximate surface area is 110 Å². The molecule has 98 valence electrons. The fourth-order valence-electron chi connectivity index (χ4n) is 1.90. The number of ether oxygens (including phenoxy) is 1. The second kappa shape index (κ2) is 5.16. The zero-order valence-electron chi connectivity index (χ0n) is 10.4. The Morgan fingerprint density at radius 3 is 2.53 bits per heavy atom. The van der Waals surface area contributed by atoms with Gasteiger partial charge in [-0.05, 0) is 6.08 Å². The van der Waals surface area contributed by atoms with Crippen molar-refractivity contribution in [1.82, 2.24) is 0 Å². The molecule has 0 saturated heterocycles. The molecule has 1 aromatic carbocycles. The van der Waals surface area contributed by atoms with Crippen LogP contribution in [0.5, 0.6) is 0 Å². The lowest BCUT2D eigenvalue weighted by Gasteiger charge is -2.21. The van der Waals surface area contributed by atoms with Crippen molar-refractivity contribution in [1.29, 1.82) is 0 Å². The van der Waals surface area contributed by atoms with E-state index in [1.54, 1.807) is 30.3 Å². The van der Waals surface area contributed by atoms with Crippen molar-refractivity contribution in [3.05, 3.63) is 69.8 Å². The molecule has 0 radical (unpaired) electrons. The Morgan fingerprint density at radius 1 is 1.37 bits per heavy atom. The van der Waals surface area contributed by atoms with Crippen LogP contribution in [0.4, 0.5) is 0 Å². The molecule has 0 saturated carbocycles. The molecule has 0 aromatic heterocycles. The number of ketones is 1. The summed E-state index contributed by atoms with van der Waals surface area (Å²) in [6.07, 6.45) is 4.36. The van der Waals surface area contributed by atoms with E-state index in [2.05, 4.69) is 0 Å². The van der Waals surface area contributed by atoms with E-state index < -0.39 is 10.6 Å². The number of carbonyl (C=O) groups excluding carboxylic acids is 1. The lowest BCUT2D eigenvalue weighted by Crippen LogP contribution is -2.39. The molecule has 0 N–H and O–H groups in total. The van der Waals surface area contributed by atoms with Gasteiger partial charge in [0.15, 0.2) is 5.78 Å². The van der Waals surface area contributed by atoms with Crippen molar-refractivity contribution < 1.29 is 14.5 Å². The van der Waals surface area contributed by atoms with Gasteiger partial charge in [-0.3, -0.25) is 14.9 Å². The maximum atomic E-state index is 12.1. The van der Waals surface area contributed by atoms with Crippen molar-refractivity contribution in [3.8, 4) is 0 Å². The summed E-state index contributed by atoms with van der Waals surface area (Å²) in [5.41, 5.74) is -0.550. The van der Waals surface area contributed by atoms with Crippen LogP contribution in [0.2, 0.25) is 0 Å². The third kappa shape index (κ3) is 2.46. The third-order valence-corrected chi connectivity index (χ3v) is 3.10. The van der Waals surface area contributed by atoms with Gasteiger partial charge in [-0.15, -0.1) is 0 Å². The number of nitro groups is 1. The van der Waals surface area contributed by atoms with E-state index in [9.17, 15) is 14.9 Å². The predicted molar refractivity (Wildman–Crippen MR) is 69.3 cm³/mol. The zero-order chi connectivity index (χ0) is 13.9. The smallest absolute Gasteiger partial charge is 0.315 e. The summed E-state index contributed by atoms with van der Waals surface area (Å²) >= 11 is 0. The van der Waals surface area contributed by atoms with Gasteiger partial charge in [0.25, 0.3) is 0 Å². The number of nitrogens with zero attached hydrogens (tertiary/aromatic N) is 1. The lowest BCUT2D eigenvalue weighted by atomic mass is 9.94. The van der Waals surface area contributed by atoms with Crippen LogP contribution in [0.1, 0.15) is 16.8 Å². The molecule has 0 aliphatic heterocycles. The second-order valence-corrected chi connectivity index (χ2v) is 4.20. The van der Waals surface area contributed by atoms with Crippen LogP contribution < -0.4 is 0 Å². The molecule has 1 aliphatic rings. The van der Waals surface area contributed by atoms with Crippen LogP contribution in [0, 0.1) is 10.1 Å². The molecule has 0 fully saturated rings. The molecule has 2 rings (SSSR count). The van der Waals surface area contributed by atoms with Gasteiger partial charge in [0, 0.05) is 24.3 Å². The van der Waals surface area contributed by atoms with Gasteiger partial charge in [-0.25, -0.2) is 0 Å². The third-order valence-electron chi connectivity index (χ3n) is 3.10. The van der Waals surface area contributed by atoms with E-state index in [-0.39, 0.29) is 12.2 Å². The van der Waals surface area contributed by atoms with Crippen molar-refractivity contribution in [2.24, 2.45) is 0 Å². The van der Waals surface area contributed by atoms with Crippen LogP contribution in [0.3, 0.4) is 0 Å². The van der Waals surface area contributed by atoms with E-state index in [0.717, 1.165) is 0 Å². The topological polar surface area (TPSA) is 69.4 Å². The summed E-state index contributed by atoms with van der Waals surface area (Å²) in [6.45, 7) is 0. The Balaban J connectivity index is 2.21. The van der Waals surface area contributed by atoms with Gasteiger partial charge < -0.3 is 4.74 Å². The lowest BCUT2D eigenvalue weighted by molar-refractivity contribution is -0.610. The number of benzene rings is 1. The number of rotatable bonds is 4. The SMILES string of the molecule is COC1([N+](=O)[O-])C=CC(C(=O)c2ccccc2)=CC1. The minimum atomic E-state index is -1.56. The van der Waals surface area contributed by atoms with Gasteiger partial charge in [0.2, 0.25) is 0 Å². The number of hydrogen-bond donors (Lipinski definition) is 0. The van der Waals surface area contributed by atoms with Crippen molar-refractivity contribution in [3.63, 3.8) is 0 Å². The summed E-state index contributed by atoms with van der Waals surface area (Å²) in [4.78, 5) is 22.6. The molecule has 1 unspecified atom stereocenters. The zero-order valence-corrected chi connectivity index (χ0v) is 10.4. The summed E-state index contributed by atoms with van der Waals surface area (Å²) < 4.78 is 4.93. The Morgan fingerprint density at radius 2 is 2.05 bits per heavy atom. The number of methoxy groups -OCH3 is 1. The van der Waals surface area contributed by atoms with Gasteiger partial charge in [0.05, 0.1) is 11.3 Å². The summed E-state index contributed by atoms with van der Waals surface area (Å²) in [7, 11) is 1.28. The van der Waals surface area contributed by atoms with Gasteiger partial charge in [-0.2, -0.15) is 0 Å². The van der Waals surface area contributed by atoms with Gasteiger partial charge in [0.1, 0.15) is 0 Å². The van der Waals surface area contributed by atoms with Gasteiger partial charge >= 0.3 is 5.72 Å².